The maximum Gasteiger partial charge on any atom is 0.228 e. The lowest BCUT2D eigenvalue weighted by molar-refractivity contribution is -0.126. The summed E-state index contributed by atoms with van der Waals surface area (Å²) in [5.41, 5.74) is 1.38. The summed E-state index contributed by atoms with van der Waals surface area (Å²) in [6, 6.07) is 5.46. The standard InChI is InChI=1S/C17H20N4O3S2/c1-10-20-21-17(26-10)25-8-4-7-18-16(23)12-9-14(22)19-15-11(12)5-3-6-13(15)24-2/h3,5-6,12H,4,7-9H2,1-2H3,(H,18,23)(H,19,22). The number of ether oxygens (including phenoxy) is 1. The van der Waals surface area contributed by atoms with E-state index in [-0.39, 0.29) is 18.2 Å². The number of aryl methyl sites for hydroxylation is 1. The molecule has 2 aromatic rings. The van der Waals surface area contributed by atoms with Gasteiger partial charge < -0.3 is 15.4 Å². The number of hydrogen-bond donors (Lipinski definition) is 2. The van der Waals surface area contributed by atoms with Crippen LogP contribution < -0.4 is 15.4 Å². The molecule has 2 N–H and O–H groups in total. The smallest absolute Gasteiger partial charge is 0.228 e. The van der Waals surface area contributed by atoms with Crippen molar-refractivity contribution < 1.29 is 14.3 Å². The Morgan fingerprint density at radius 2 is 2.31 bits per heavy atom. The third kappa shape index (κ3) is 4.34. The van der Waals surface area contributed by atoms with Gasteiger partial charge in [-0.05, 0) is 25.0 Å². The third-order valence-corrected chi connectivity index (χ3v) is 6.04. The largest absolute Gasteiger partial charge is 0.495 e. The number of hydrogen-bond acceptors (Lipinski definition) is 7. The summed E-state index contributed by atoms with van der Waals surface area (Å²) in [4.78, 5) is 24.6. The number of carbonyl (C=O) groups excluding carboxylic acids is 2. The number of carbonyl (C=O) groups is 2. The predicted molar refractivity (Wildman–Crippen MR) is 102 cm³/mol. The van der Waals surface area contributed by atoms with Crippen LogP contribution in [0.3, 0.4) is 0 Å². The van der Waals surface area contributed by atoms with Gasteiger partial charge in [0.05, 0.1) is 18.7 Å². The van der Waals surface area contributed by atoms with Crippen molar-refractivity contribution in [3.63, 3.8) is 0 Å². The van der Waals surface area contributed by atoms with Gasteiger partial charge in [0.25, 0.3) is 0 Å². The van der Waals surface area contributed by atoms with E-state index < -0.39 is 5.92 Å². The Labute approximate surface area is 159 Å². The summed E-state index contributed by atoms with van der Waals surface area (Å²) in [6.07, 6.45) is 0.962. The Bertz CT molecular complexity index is 809. The Morgan fingerprint density at radius 1 is 1.46 bits per heavy atom. The fraction of sp³-hybridized carbons (Fsp3) is 0.412. The van der Waals surface area contributed by atoms with Crippen LogP contribution in [-0.4, -0.2) is 41.4 Å². The third-order valence-electron chi connectivity index (χ3n) is 3.98. The summed E-state index contributed by atoms with van der Waals surface area (Å²) in [5, 5.41) is 14.7. The van der Waals surface area contributed by atoms with Crippen LogP contribution in [0.25, 0.3) is 0 Å². The molecule has 0 bridgehead atoms. The number of anilines is 1. The van der Waals surface area contributed by atoms with E-state index in [0.717, 1.165) is 27.1 Å². The molecule has 0 saturated heterocycles. The molecule has 2 amide bonds. The van der Waals surface area contributed by atoms with Gasteiger partial charge in [0, 0.05) is 18.7 Å². The van der Waals surface area contributed by atoms with Gasteiger partial charge in [0.1, 0.15) is 10.8 Å². The molecule has 1 atom stereocenters. The van der Waals surface area contributed by atoms with Crippen molar-refractivity contribution >= 4 is 40.6 Å². The van der Waals surface area contributed by atoms with E-state index in [1.54, 1.807) is 36.3 Å². The molecule has 0 radical (unpaired) electrons. The van der Waals surface area contributed by atoms with Crippen LogP contribution in [0.4, 0.5) is 5.69 Å². The van der Waals surface area contributed by atoms with Gasteiger partial charge in [-0.2, -0.15) is 0 Å². The number of fused-ring (bicyclic) bond motifs is 1. The Kier molecular flexibility index (Phi) is 6.10. The van der Waals surface area contributed by atoms with Gasteiger partial charge in [0.15, 0.2) is 4.34 Å². The SMILES string of the molecule is COc1cccc2c1NC(=O)CC2C(=O)NCCCSc1nnc(C)s1. The topological polar surface area (TPSA) is 93.2 Å². The van der Waals surface area contributed by atoms with Crippen LogP contribution in [0, 0.1) is 6.92 Å². The molecule has 1 unspecified atom stereocenters. The summed E-state index contributed by atoms with van der Waals surface area (Å²) < 4.78 is 6.23. The number of amides is 2. The monoisotopic (exact) mass is 392 g/mol. The quantitative estimate of drug-likeness (QED) is 0.556. The molecule has 0 aliphatic carbocycles. The Balaban J connectivity index is 1.54. The van der Waals surface area contributed by atoms with Crippen molar-refractivity contribution in [3.05, 3.63) is 28.8 Å². The number of thioether (sulfide) groups is 1. The highest BCUT2D eigenvalue weighted by Gasteiger charge is 2.32. The van der Waals surface area contributed by atoms with E-state index >= 15 is 0 Å². The number of rotatable bonds is 7. The molecule has 7 nitrogen and oxygen atoms in total. The minimum Gasteiger partial charge on any atom is -0.495 e. The molecule has 1 aliphatic rings. The molecular formula is C17H20N4O3S2. The van der Waals surface area contributed by atoms with Gasteiger partial charge >= 0.3 is 0 Å². The lowest BCUT2D eigenvalue weighted by Crippen LogP contribution is -2.35. The van der Waals surface area contributed by atoms with E-state index in [0.29, 0.717) is 18.0 Å². The van der Waals surface area contributed by atoms with Crippen LogP contribution in [0.5, 0.6) is 5.75 Å². The summed E-state index contributed by atoms with van der Waals surface area (Å²) in [7, 11) is 1.54. The summed E-state index contributed by atoms with van der Waals surface area (Å²) in [5.74, 6) is 0.615. The van der Waals surface area contributed by atoms with Crippen molar-refractivity contribution in [2.75, 3.05) is 24.7 Å². The molecule has 1 aliphatic heterocycles. The highest BCUT2D eigenvalue weighted by atomic mass is 32.2. The van der Waals surface area contributed by atoms with Gasteiger partial charge in [-0.3, -0.25) is 9.59 Å². The van der Waals surface area contributed by atoms with Gasteiger partial charge in [-0.25, -0.2) is 0 Å². The van der Waals surface area contributed by atoms with E-state index in [2.05, 4.69) is 20.8 Å². The number of aromatic nitrogens is 2. The molecule has 138 valence electrons. The van der Waals surface area contributed by atoms with Gasteiger partial charge in [-0.15, -0.1) is 10.2 Å². The number of para-hydroxylation sites is 1. The van der Waals surface area contributed by atoms with E-state index in [9.17, 15) is 9.59 Å². The average Bonchev–Trinajstić information content (AvgIpc) is 3.05. The summed E-state index contributed by atoms with van der Waals surface area (Å²) in [6.45, 7) is 2.48. The van der Waals surface area contributed by atoms with Crippen LogP contribution in [-0.2, 0) is 9.59 Å². The lowest BCUT2D eigenvalue weighted by atomic mass is 9.89. The van der Waals surface area contributed by atoms with Crippen molar-refractivity contribution in [2.45, 2.75) is 30.0 Å². The van der Waals surface area contributed by atoms with E-state index in [4.69, 9.17) is 4.74 Å². The first kappa shape index (κ1) is 18.7. The first-order valence-corrected chi connectivity index (χ1v) is 10.1. The number of benzene rings is 1. The Morgan fingerprint density at radius 3 is 3.04 bits per heavy atom. The second-order valence-electron chi connectivity index (χ2n) is 5.81. The lowest BCUT2D eigenvalue weighted by Gasteiger charge is -2.26. The van der Waals surface area contributed by atoms with Gasteiger partial charge in [0.2, 0.25) is 11.8 Å². The maximum absolute atomic E-state index is 12.6. The molecule has 9 heteroatoms. The van der Waals surface area contributed by atoms with Crippen LogP contribution in [0.15, 0.2) is 22.5 Å². The highest BCUT2D eigenvalue weighted by Crippen LogP contribution is 2.38. The number of methoxy groups -OCH3 is 1. The molecular weight excluding hydrogens is 372 g/mol. The normalized spacial score (nSPS) is 15.9. The maximum atomic E-state index is 12.6. The fourth-order valence-corrected chi connectivity index (χ4v) is 4.59. The van der Waals surface area contributed by atoms with Crippen molar-refractivity contribution in [2.24, 2.45) is 0 Å². The van der Waals surface area contributed by atoms with Crippen LogP contribution in [0.1, 0.15) is 29.3 Å². The molecule has 26 heavy (non-hydrogen) atoms. The zero-order valence-corrected chi connectivity index (χ0v) is 16.2. The zero-order valence-electron chi connectivity index (χ0n) is 14.6. The van der Waals surface area contributed by atoms with Crippen molar-refractivity contribution in [3.8, 4) is 5.75 Å². The highest BCUT2D eigenvalue weighted by molar-refractivity contribution is 8.01. The molecule has 3 rings (SSSR count). The number of nitrogens with one attached hydrogen (secondary N) is 2. The second-order valence-corrected chi connectivity index (χ2v) is 8.33. The van der Waals surface area contributed by atoms with Crippen molar-refractivity contribution in [1.82, 2.24) is 15.5 Å². The Hall–Kier alpha value is -2.13. The minimum absolute atomic E-state index is 0.133. The number of nitrogens with zero attached hydrogens (tertiary/aromatic N) is 2. The minimum atomic E-state index is -0.493. The molecule has 0 saturated carbocycles. The molecule has 0 fully saturated rings. The van der Waals surface area contributed by atoms with Crippen LogP contribution in [0.2, 0.25) is 0 Å². The predicted octanol–water partition coefficient (Wildman–Crippen LogP) is 2.58. The second kappa shape index (κ2) is 8.50. The molecule has 2 heterocycles. The fourth-order valence-electron chi connectivity index (χ4n) is 2.77. The zero-order chi connectivity index (χ0) is 18.5. The van der Waals surface area contributed by atoms with Crippen LogP contribution >= 0.6 is 23.1 Å². The average molecular weight is 393 g/mol. The van der Waals surface area contributed by atoms with Gasteiger partial charge in [-0.1, -0.05) is 35.2 Å². The molecule has 1 aromatic heterocycles. The first-order chi connectivity index (χ1) is 12.6. The van der Waals surface area contributed by atoms with E-state index in [1.807, 2.05) is 19.1 Å². The molecule has 0 spiro atoms. The van der Waals surface area contributed by atoms with Crippen molar-refractivity contribution in [1.29, 1.82) is 0 Å². The first-order valence-electron chi connectivity index (χ1n) is 8.26. The molecule has 1 aromatic carbocycles. The summed E-state index contributed by atoms with van der Waals surface area (Å²) >= 11 is 3.20. The van der Waals surface area contributed by atoms with E-state index in [1.165, 1.54) is 0 Å².